The second-order valence-corrected chi connectivity index (χ2v) is 50.1. The molecule has 16 saturated carbocycles. The molecular formula is C95H135F4NO26S5. The molecule has 0 spiro atoms. The molecule has 12 bridgehead atoms. The van der Waals surface area contributed by atoms with Crippen molar-refractivity contribution in [3.63, 3.8) is 0 Å². The number of benzene rings is 3. The van der Waals surface area contributed by atoms with Crippen molar-refractivity contribution in [2.45, 2.75) is 359 Å². The second-order valence-electron chi connectivity index (χ2n) is 43.0. The number of alkyl halides is 4. The summed E-state index contributed by atoms with van der Waals surface area (Å²) in [7, 11) is -25.0. The minimum atomic E-state index is -5.79. The lowest BCUT2D eigenvalue weighted by molar-refractivity contribution is -0.172. The summed E-state index contributed by atoms with van der Waals surface area (Å²) >= 11 is 0. The molecular weight excluding hydrogens is 1810 g/mol. The molecule has 36 heteroatoms. The number of halogens is 4. The van der Waals surface area contributed by atoms with Gasteiger partial charge in [0.25, 0.3) is 30.4 Å². The fraction of sp³-hybridized carbons (Fsp3) is 0.747. The third-order valence-corrected chi connectivity index (χ3v) is 35.6. The van der Waals surface area contributed by atoms with E-state index in [4.69, 9.17) is 28.1 Å². The minimum Gasteiger partial charge on any atom is -0.462 e. The smallest absolute Gasteiger partial charge is 0.462 e. The lowest BCUT2D eigenvalue weighted by atomic mass is 9.50. The Balaban J connectivity index is 0.000000152. The Morgan fingerprint density at radius 2 is 0.687 bits per heavy atom. The number of hydrogen-bond acceptors (Lipinski definition) is 21. The molecule has 3 aromatic rings. The van der Waals surface area contributed by atoms with Crippen LogP contribution in [0.1, 0.15) is 352 Å². The van der Waals surface area contributed by atoms with E-state index in [1.807, 2.05) is 61.5 Å². The lowest BCUT2D eigenvalue weighted by Crippen LogP contribution is -2.58. The number of esters is 5. The first-order chi connectivity index (χ1) is 60.9. The summed E-state index contributed by atoms with van der Waals surface area (Å²) in [6, 6.07) is 11.6. The molecule has 0 aromatic heterocycles. The van der Waals surface area contributed by atoms with Gasteiger partial charge in [-0.15, -0.1) is 0 Å². The molecule has 0 heterocycles. The first-order valence-corrected chi connectivity index (χ1v) is 54.5. The average molecular weight is 1940 g/mol. The van der Waals surface area contributed by atoms with Crippen LogP contribution < -0.4 is 0 Å². The van der Waals surface area contributed by atoms with Crippen LogP contribution in [0.2, 0.25) is 0 Å². The predicted molar refractivity (Wildman–Crippen MR) is 476 cm³/mol. The van der Waals surface area contributed by atoms with E-state index in [-0.39, 0.29) is 75.3 Å². The number of nitrogens with zero attached hydrogens (tertiary/aromatic N) is 1. The zero-order valence-corrected chi connectivity index (χ0v) is 80.7. The Morgan fingerprint density at radius 1 is 0.389 bits per heavy atom. The molecule has 3 aromatic carbocycles. The van der Waals surface area contributed by atoms with Gasteiger partial charge in [0.1, 0.15) is 16.1 Å². The van der Waals surface area contributed by atoms with Gasteiger partial charge in [0.05, 0.1) is 51.9 Å². The van der Waals surface area contributed by atoms with E-state index in [0.29, 0.717) is 114 Å². The fourth-order valence-electron chi connectivity index (χ4n) is 25.3. The standard InChI is InChI=1S/C30H38O7S.C24H34O7S.C14H23F2NO4S.C14H22O3S.C13H18F2O5S/c1-29(22-5-16-3-17(7-22)8-23(29)6-16)36-27(31)20-13-21(15-26(14-20)38(33,34)35)28(32)37-30(2)24-9-18-4-19(11-24)12-25(30)10-18;25-23(30-13-11-18-7-3-1-4-8-18)20-15-21(17-22(16-20)32(27,28)29)24(26)31-14-12-19-9-5-2-6-10-19;15-14(16,22(19,20)21)13(18)17(11-7-3-1-4-8-11)12-9-5-2-6-10-12;1-13(2,3)10-8-7-9-11(14(4,5)6)12(10)18(15,16)17;14-13(15,21(17,18)19)11(16)20-7-12-4-8-1-9(5-12)3-10(2-8)6-12/h13-19,22-25H,3-12H2,1-2H3,(H,33,34,35);15-19H,1-14H2,(H,27,28,29);11-12H,1-10H2,(H,19,20,21);7-9H,1-6H3,(H,15,16,17);8-10H,1-7H2,(H,17,18,19). The van der Waals surface area contributed by atoms with Gasteiger partial charge in [0.15, 0.2) is 0 Å². The van der Waals surface area contributed by atoms with Crippen LogP contribution in [0.15, 0.2) is 69.3 Å². The van der Waals surface area contributed by atoms with Gasteiger partial charge < -0.3 is 28.6 Å². The molecule has 0 atom stereocenters. The summed E-state index contributed by atoms with van der Waals surface area (Å²) < 4.78 is 242. The van der Waals surface area contributed by atoms with Crippen LogP contribution in [0, 0.1) is 82.3 Å². The summed E-state index contributed by atoms with van der Waals surface area (Å²) in [5.74, 6) is 0.127. The van der Waals surface area contributed by atoms with Crippen LogP contribution in [0.25, 0.3) is 0 Å². The van der Waals surface area contributed by atoms with Crippen molar-refractivity contribution in [3.8, 4) is 0 Å². The van der Waals surface area contributed by atoms with Crippen LogP contribution in [-0.2, 0) is 94.7 Å². The summed E-state index contributed by atoms with van der Waals surface area (Å²) in [5.41, 5.74) is -1.14. The van der Waals surface area contributed by atoms with E-state index in [1.165, 1.54) is 63.5 Å². The SMILES string of the molecule is CC(C)(C)c1cccc(C(C)(C)C)c1S(=O)(=O)O.CC1(OC(=O)c2cc(C(=O)OC3(C)C4CC5CC(C4)CC3C5)cc(S(=O)(=O)O)c2)C2CC3CC(C2)CC1C3.O=C(N(C1CCCCC1)C1CCCCC1)C(F)(F)S(=O)(=O)O.O=C(OCC12CC3CC(CC(C3)C1)C2)C(F)(F)S(=O)(=O)O.O=C(OCCC1CCCCC1)c1cc(C(=O)OCCC2CCCCC2)cc(S(=O)(=O)O)c1. The maximum atomic E-state index is 13.9. The number of carbonyl (C=O) groups is 6. The van der Waals surface area contributed by atoms with Crippen LogP contribution in [0.5, 0.6) is 0 Å². The van der Waals surface area contributed by atoms with Gasteiger partial charge in [-0.25, -0.2) is 24.0 Å². The van der Waals surface area contributed by atoms with E-state index >= 15 is 0 Å². The Hall–Kier alpha value is -6.25. The van der Waals surface area contributed by atoms with Gasteiger partial charge in [-0.05, 0) is 290 Å². The number of hydrogen-bond donors (Lipinski definition) is 5. The molecule has 5 N–H and O–H groups in total. The zero-order valence-electron chi connectivity index (χ0n) is 76.7. The normalized spacial score (nSPS) is 29.2. The van der Waals surface area contributed by atoms with Crippen molar-refractivity contribution in [2.75, 3.05) is 19.8 Å². The van der Waals surface area contributed by atoms with Crippen LogP contribution in [-0.4, -0.2) is 159 Å². The van der Waals surface area contributed by atoms with Crippen molar-refractivity contribution < 1.29 is 135 Å². The first kappa shape index (κ1) is 104. The maximum absolute atomic E-state index is 13.9. The van der Waals surface area contributed by atoms with E-state index < -0.39 is 118 Å². The molecule has 16 aliphatic rings. The monoisotopic (exact) mass is 1940 g/mol. The average Bonchev–Trinajstić information content (AvgIpc) is 0.735. The lowest BCUT2D eigenvalue weighted by Gasteiger charge is -2.59. The number of carbonyl (C=O) groups excluding carboxylic acids is 6. The topological polar surface area (TPSA) is 424 Å². The zero-order chi connectivity index (χ0) is 95.8. The third-order valence-electron chi connectivity index (χ3n) is 31.3. The third kappa shape index (κ3) is 25.0. The molecule has 0 unspecified atom stereocenters. The van der Waals surface area contributed by atoms with Gasteiger partial charge in [0.2, 0.25) is 0 Å². The highest BCUT2D eigenvalue weighted by Gasteiger charge is 2.61. The van der Waals surface area contributed by atoms with E-state index in [1.54, 1.807) is 12.1 Å². The van der Waals surface area contributed by atoms with E-state index in [2.05, 4.69) is 4.74 Å². The largest absolute Gasteiger partial charge is 0.465 e. The quantitative estimate of drug-likeness (QED) is 0.0255. The first-order valence-electron chi connectivity index (χ1n) is 47.3. The molecule has 0 saturated heterocycles. The van der Waals surface area contributed by atoms with Crippen molar-refractivity contribution in [2.24, 2.45) is 82.3 Å². The molecule has 734 valence electrons. The van der Waals surface area contributed by atoms with Crippen molar-refractivity contribution in [1.82, 2.24) is 4.90 Å². The Morgan fingerprint density at radius 3 is 0.977 bits per heavy atom. The maximum Gasteiger partial charge on any atom is 0.465 e. The van der Waals surface area contributed by atoms with Crippen LogP contribution >= 0.6 is 0 Å². The molecule has 16 fully saturated rings. The Labute approximate surface area is 770 Å². The Kier molecular flexibility index (Phi) is 32.3. The highest BCUT2D eigenvalue weighted by Crippen LogP contribution is 2.63. The molecule has 131 heavy (non-hydrogen) atoms. The summed E-state index contributed by atoms with van der Waals surface area (Å²) in [5, 5.41) is -9.66. The highest BCUT2D eigenvalue weighted by molar-refractivity contribution is 7.88. The summed E-state index contributed by atoms with van der Waals surface area (Å²) in [4.78, 5) is 75.7. The molecule has 0 aliphatic heterocycles. The van der Waals surface area contributed by atoms with Crippen molar-refractivity contribution >= 4 is 86.3 Å². The summed E-state index contributed by atoms with van der Waals surface area (Å²) in [6.45, 7) is 15.9. The number of ether oxygens (including phenoxy) is 5. The predicted octanol–water partition coefficient (Wildman–Crippen LogP) is 19.6. The number of rotatable bonds is 23. The minimum absolute atomic E-state index is 0.0441. The molecule has 16 aliphatic carbocycles. The molecule has 19 rings (SSSR count). The van der Waals surface area contributed by atoms with E-state index in [9.17, 15) is 102 Å². The van der Waals surface area contributed by atoms with Crippen molar-refractivity contribution in [1.29, 1.82) is 0 Å². The van der Waals surface area contributed by atoms with E-state index in [0.717, 1.165) is 196 Å². The molecule has 0 radical (unpaired) electrons. The van der Waals surface area contributed by atoms with Crippen LogP contribution in [0.4, 0.5) is 17.6 Å². The van der Waals surface area contributed by atoms with Crippen LogP contribution in [0.3, 0.4) is 0 Å². The van der Waals surface area contributed by atoms with Gasteiger partial charge >= 0.3 is 66.5 Å². The molecule has 1 amide bonds. The highest BCUT2D eigenvalue weighted by atomic mass is 32.2. The molecule has 27 nitrogen and oxygen atoms in total. The van der Waals surface area contributed by atoms with Gasteiger partial charge in [-0.3, -0.25) is 27.6 Å². The van der Waals surface area contributed by atoms with Crippen molar-refractivity contribution in [3.05, 3.63) is 88.0 Å². The number of amides is 1. The second kappa shape index (κ2) is 40.8. The summed E-state index contributed by atoms with van der Waals surface area (Å²) in [6.07, 6.45) is 38.2. The van der Waals surface area contributed by atoms with Gasteiger partial charge in [-0.2, -0.15) is 59.7 Å². The Bertz CT molecular complexity index is 4960. The van der Waals surface area contributed by atoms with Gasteiger partial charge in [0, 0.05) is 17.5 Å². The van der Waals surface area contributed by atoms with Gasteiger partial charge in [-0.1, -0.05) is 162 Å². The fourth-order valence-corrected chi connectivity index (χ4v) is 28.3.